The van der Waals surface area contributed by atoms with Crippen molar-refractivity contribution >= 4 is 25.5 Å². The van der Waals surface area contributed by atoms with E-state index in [4.69, 9.17) is 0 Å². The predicted molar refractivity (Wildman–Crippen MR) is 114 cm³/mol. The number of ketones is 1. The molecule has 0 amide bonds. The summed E-state index contributed by atoms with van der Waals surface area (Å²) in [5.41, 5.74) is 0.714. The number of sulfone groups is 2. The molecule has 0 heterocycles. The van der Waals surface area contributed by atoms with Gasteiger partial charge in [-0.1, -0.05) is 42.8 Å². The van der Waals surface area contributed by atoms with Crippen LogP contribution in [-0.2, 0) is 24.5 Å². The molecule has 1 unspecified atom stereocenters. The number of hydrogen-bond donors (Lipinski definition) is 0. The molecule has 0 bridgehead atoms. The third-order valence-corrected chi connectivity index (χ3v) is 9.80. The van der Waals surface area contributed by atoms with E-state index in [-0.39, 0.29) is 26.9 Å². The first-order valence-corrected chi connectivity index (χ1v) is 12.9. The van der Waals surface area contributed by atoms with E-state index in [9.17, 15) is 21.6 Å². The number of allylic oxidation sites excluding steroid dienone is 3. The lowest BCUT2D eigenvalue weighted by molar-refractivity contribution is -0.113. The SMILES string of the molecule is O=C1C=C2/C(=C(/S(=O)(=O)c3ccccc3)CCCCC2S(=O)(=O)c2ccccc2)C1. The molecule has 7 heteroatoms. The van der Waals surface area contributed by atoms with Crippen molar-refractivity contribution in [1.82, 2.24) is 0 Å². The van der Waals surface area contributed by atoms with Crippen LogP contribution in [-0.4, -0.2) is 27.9 Å². The Bertz CT molecular complexity index is 1240. The zero-order chi connectivity index (χ0) is 21.4. The van der Waals surface area contributed by atoms with Gasteiger partial charge in [0, 0.05) is 6.42 Å². The number of benzene rings is 2. The van der Waals surface area contributed by atoms with Crippen molar-refractivity contribution in [2.75, 3.05) is 0 Å². The molecule has 4 rings (SSSR count). The number of carbonyl (C=O) groups excluding carboxylic acids is 1. The predicted octanol–water partition coefficient (Wildman–Crippen LogP) is 4.03. The van der Waals surface area contributed by atoms with Gasteiger partial charge in [-0.2, -0.15) is 0 Å². The summed E-state index contributed by atoms with van der Waals surface area (Å²) in [6.07, 6.45) is 3.04. The largest absolute Gasteiger partial charge is 0.294 e. The average Bonchev–Trinajstić information content (AvgIpc) is 3.09. The van der Waals surface area contributed by atoms with Crippen molar-refractivity contribution in [2.24, 2.45) is 0 Å². The van der Waals surface area contributed by atoms with Crippen LogP contribution in [0, 0.1) is 0 Å². The molecule has 30 heavy (non-hydrogen) atoms. The smallest absolute Gasteiger partial charge is 0.203 e. The quantitative estimate of drug-likeness (QED) is 0.714. The first kappa shape index (κ1) is 20.8. The minimum absolute atomic E-state index is 0.0719. The van der Waals surface area contributed by atoms with E-state index in [1.165, 1.54) is 30.3 Å². The van der Waals surface area contributed by atoms with Crippen molar-refractivity contribution in [3.63, 3.8) is 0 Å². The highest BCUT2D eigenvalue weighted by molar-refractivity contribution is 7.95. The molecule has 0 N–H and O–H groups in total. The highest BCUT2D eigenvalue weighted by Gasteiger charge is 2.39. The minimum atomic E-state index is -3.82. The number of fused-ring (bicyclic) bond motifs is 1. The van der Waals surface area contributed by atoms with Gasteiger partial charge in [0.15, 0.2) is 15.6 Å². The summed E-state index contributed by atoms with van der Waals surface area (Å²) in [4.78, 5) is 12.9. The third-order valence-electron chi connectivity index (χ3n) is 5.64. The Hall–Kier alpha value is -2.51. The van der Waals surface area contributed by atoms with Gasteiger partial charge in [0.05, 0.1) is 19.9 Å². The molecule has 0 spiro atoms. The summed E-state index contributed by atoms with van der Waals surface area (Å²) in [5, 5.41) is -0.928. The fourth-order valence-corrected chi connectivity index (χ4v) is 7.81. The molecule has 2 aliphatic rings. The fourth-order valence-electron chi connectivity index (χ4n) is 4.19. The maximum Gasteiger partial charge on any atom is 0.203 e. The second-order valence-electron chi connectivity index (χ2n) is 7.55. The Kier molecular flexibility index (Phi) is 5.51. The summed E-state index contributed by atoms with van der Waals surface area (Å²) < 4.78 is 53.6. The van der Waals surface area contributed by atoms with E-state index in [0.717, 1.165) is 0 Å². The molecule has 2 aromatic rings. The monoisotopic (exact) mass is 442 g/mol. The van der Waals surface area contributed by atoms with Gasteiger partial charge >= 0.3 is 0 Å². The van der Waals surface area contributed by atoms with E-state index in [1.54, 1.807) is 36.4 Å². The molecule has 0 radical (unpaired) electrons. The van der Waals surface area contributed by atoms with E-state index < -0.39 is 24.9 Å². The molecule has 0 fully saturated rings. The molecule has 2 aromatic carbocycles. The van der Waals surface area contributed by atoms with Crippen LogP contribution < -0.4 is 0 Å². The van der Waals surface area contributed by atoms with Crippen LogP contribution >= 0.6 is 0 Å². The van der Waals surface area contributed by atoms with Crippen LogP contribution in [0.3, 0.4) is 0 Å². The maximum absolute atomic E-state index is 13.4. The van der Waals surface area contributed by atoms with Gasteiger partial charge in [-0.25, -0.2) is 16.8 Å². The third kappa shape index (κ3) is 3.68. The van der Waals surface area contributed by atoms with Crippen LogP contribution in [0.5, 0.6) is 0 Å². The van der Waals surface area contributed by atoms with Gasteiger partial charge in [0.1, 0.15) is 0 Å². The van der Waals surface area contributed by atoms with Crippen LogP contribution in [0.2, 0.25) is 0 Å². The summed E-state index contributed by atoms with van der Waals surface area (Å²) in [6.45, 7) is 0. The normalized spacial score (nSPS) is 22.7. The number of carbonyl (C=O) groups is 1. The van der Waals surface area contributed by atoms with Crippen molar-refractivity contribution in [2.45, 2.75) is 47.1 Å². The summed E-state index contributed by atoms with van der Waals surface area (Å²) in [7, 11) is -7.58. The van der Waals surface area contributed by atoms with Gasteiger partial charge in [-0.05, 0) is 60.8 Å². The number of hydrogen-bond acceptors (Lipinski definition) is 5. The summed E-state index contributed by atoms with van der Waals surface area (Å²) in [5.74, 6) is -0.254. The van der Waals surface area contributed by atoms with Crippen molar-refractivity contribution < 1.29 is 21.6 Å². The van der Waals surface area contributed by atoms with E-state index in [0.29, 0.717) is 36.8 Å². The molecule has 0 aromatic heterocycles. The standard InChI is InChI=1S/C23H22O5S2/c24-17-15-20-21(16-17)23(30(27,28)19-11-5-2-6-12-19)14-8-7-13-22(20)29(25,26)18-9-3-1-4-10-18/h1-6,9-12,15,22H,7-8,13-14,16H2/b23-21+. The molecule has 1 atom stereocenters. The zero-order valence-corrected chi connectivity index (χ0v) is 18.0. The lowest BCUT2D eigenvalue weighted by Crippen LogP contribution is -2.26. The van der Waals surface area contributed by atoms with Crippen LogP contribution in [0.4, 0.5) is 0 Å². The Morgan fingerprint density at radius 2 is 1.37 bits per heavy atom. The maximum atomic E-state index is 13.4. The summed E-state index contributed by atoms with van der Waals surface area (Å²) in [6, 6.07) is 16.2. The first-order chi connectivity index (χ1) is 14.3. The Labute approximate surface area is 177 Å². The van der Waals surface area contributed by atoms with E-state index in [1.807, 2.05) is 0 Å². The van der Waals surface area contributed by atoms with Crippen molar-refractivity contribution in [1.29, 1.82) is 0 Å². The Morgan fingerprint density at radius 1 is 0.767 bits per heavy atom. The average molecular weight is 443 g/mol. The van der Waals surface area contributed by atoms with Crippen LogP contribution in [0.1, 0.15) is 32.1 Å². The van der Waals surface area contributed by atoms with Gasteiger partial charge in [-0.3, -0.25) is 4.79 Å². The highest BCUT2D eigenvalue weighted by Crippen LogP contribution is 2.41. The van der Waals surface area contributed by atoms with Gasteiger partial charge in [0.2, 0.25) is 9.84 Å². The van der Waals surface area contributed by atoms with Gasteiger partial charge in [0.25, 0.3) is 0 Å². The van der Waals surface area contributed by atoms with Crippen LogP contribution in [0.25, 0.3) is 0 Å². The molecule has 2 aliphatic carbocycles. The Morgan fingerprint density at radius 3 is 2.00 bits per heavy atom. The topological polar surface area (TPSA) is 85.3 Å². The van der Waals surface area contributed by atoms with Crippen molar-refractivity contribution in [3.05, 3.63) is 82.8 Å². The van der Waals surface area contributed by atoms with E-state index in [2.05, 4.69) is 0 Å². The summed E-state index contributed by atoms with van der Waals surface area (Å²) >= 11 is 0. The molecule has 0 aliphatic heterocycles. The second kappa shape index (κ2) is 7.96. The minimum Gasteiger partial charge on any atom is -0.294 e. The van der Waals surface area contributed by atoms with E-state index >= 15 is 0 Å². The molecule has 156 valence electrons. The second-order valence-corrected chi connectivity index (χ2v) is 11.7. The molecule has 0 saturated carbocycles. The molecule has 0 saturated heterocycles. The highest BCUT2D eigenvalue weighted by atomic mass is 32.2. The Balaban J connectivity index is 1.88. The molecular weight excluding hydrogens is 420 g/mol. The lowest BCUT2D eigenvalue weighted by Gasteiger charge is -2.25. The van der Waals surface area contributed by atoms with Gasteiger partial charge in [-0.15, -0.1) is 0 Å². The first-order valence-electron chi connectivity index (χ1n) is 9.88. The lowest BCUT2D eigenvalue weighted by atomic mass is 9.96. The fraction of sp³-hybridized carbons (Fsp3) is 0.261. The molecule has 5 nitrogen and oxygen atoms in total. The van der Waals surface area contributed by atoms with Crippen LogP contribution in [0.15, 0.2) is 92.6 Å². The van der Waals surface area contributed by atoms with Gasteiger partial charge < -0.3 is 0 Å². The number of rotatable bonds is 4. The van der Waals surface area contributed by atoms with Crippen molar-refractivity contribution in [3.8, 4) is 0 Å². The molecular formula is C23H22O5S2. The zero-order valence-electron chi connectivity index (χ0n) is 16.3.